The lowest BCUT2D eigenvalue weighted by Gasteiger charge is -2.01. The van der Waals surface area contributed by atoms with Crippen LogP contribution in [0.2, 0.25) is 15.1 Å². The van der Waals surface area contributed by atoms with Crippen LogP contribution in [0.1, 0.15) is 5.89 Å². The Kier molecular flexibility index (Phi) is 4.15. The van der Waals surface area contributed by atoms with E-state index in [9.17, 15) is 4.79 Å². The molecule has 0 aliphatic rings. The summed E-state index contributed by atoms with van der Waals surface area (Å²) in [5.41, 5.74) is 0.217. The number of hydrogen-bond acceptors (Lipinski definition) is 5. The summed E-state index contributed by atoms with van der Waals surface area (Å²) in [5.74, 6) is 0.609. The van der Waals surface area contributed by atoms with Crippen molar-refractivity contribution in [2.45, 2.75) is 6.54 Å². The monoisotopic (exact) mass is 356 g/mol. The second kappa shape index (κ2) is 6.08. The van der Waals surface area contributed by atoms with Gasteiger partial charge in [0.1, 0.15) is 11.6 Å². The molecular formula is C13H7Cl3N4O2. The Morgan fingerprint density at radius 3 is 2.59 bits per heavy atom. The minimum Gasteiger partial charge on any atom is -0.337 e. The molecule has 6 nitrogen and oxygen atoms in total. The zero-order chi connectivity index (χ0) is 15.7. The average molecular weight is 358 g/mol. The summed E-state index contributed by atoms with van der Waals surface area (Å²) in [6, 6.07) is 6.97. The minimum atomic E-state index is -0.527. The fraction of sp³-hybridized carbons (Fsp3) is 0.0769. The maximum Gasteiger partial charge on any atom is 0.287 e. The standard InChI is InChI=1S/C13H7Cl3N4O2/c14-8-3-1-7(2-4-8)12-18-10(22-19-12)6-20-13(21)11(16)9(15)5-17-20/h1-5H,6H2. The Balaban J connectivity index is 1.87. The van der Waals surface area contributed by atoms with Gasteiger partial charge in [-0.25, -0.2) is 4.68 Å². The smallest absolute Gasteiger partial charge is 0.287 e. The molecule has 0 amide bonds. The topological polar surface area (TPSA) is 73.8 Å². The Morgan fingerprint density at radius 2 is 1.86 bits per heavy atom. The molecule has 22 heavy (non-hydrogen) atoms. The van der Waals surface area contributed by atoms with Crippen LogP contribution in [0, 0.1) is 0 Å². The van der Waals surface area contributed by atoms with Gasteiger partial charge in [0.25, 0.3) is 5.56 Å². The summed E-state index contributed by atoms with van der Waals surface area (Å²) in [5, 5.41) is 8.32. The number of halogens is 3. The quantitative estimate of drug-likeness (QED) is 0.719. The van der Waals surface area contributed by atoms with Crippen LogP contribution in [0.4, 0.5) is 0 Å². The highest BCUT2D eigenvalue weighted by atomic mass is 35.5. The summed E-state index contributed by atoms with van der Waals surface area (Å²) in [6.45, 7) is -0.00366. The first-order chi connectivity index (χ1) is 10.5. The van der Waals surface area contributed by atoms with Crippen LogP contribution in [0.3, 0.4) is 0 Å². The maximum absolute atomic E-state index is 11.9. The number of rotatable bonds is 3. The molecule has 3 aromatic rings. The van der Waals surface area contributed by atoms with Crippen molar-refractivity contribution in [3.8, 4) is 11.4 Å². The van der Waals surface area contributed by atoms with Crippen LogP contribution >= 0.6 is 34.8 Å². The Bertz CT molecular complexity index is 874. The Labute approximate surface area is 139 Å². The predicted molar refractivity (Wildman–Crippen MR) is 82.4 cm³/mol. The van der Waals surface area contributed by atoms with Crippen molar-refractivity contribution in [2.75, 3.05) is 0 Å². The molecule has 0 spiro atoms. The molecule has 112 valence electrons. The highest BCUT2D eigenvalue weighted by Gasteiger charge is 2.13. The van der Waals surface area contributed by atoms with E-state index in [1.807, 2.05) is 0 Å². The largest absolute Gasteiger partial charge is 0.337 e. The molecule has 0 fully saturated rings. The highest BCUT2D eigenvalue weighted by molar-refractivity contribution is 6.41. The second-order valence-corrected chi connectivity index (χ2v) is 5.51. The zero-order valence-electron chi connectivity index (χ0n) is 10.8. The number of benzene rings is 1. The molecule has 9 heteroatoms. The Morgan fingerprint density at radius 1 is 1.14 bits per heavy atom. The van der Waals surface area contributed by atoms with Gasteiger partial charge in [0.05, 0.1) is 11.2 Å². The molecule has 0 aliphatic carbocycles. The lowest BCUT2D eigenvalue weighted by atomic mass is 10.2. The zero-order valence-corrected chi connectivity index (χ0v) is 13.1. The van der Waals surface area contributed by atoms with Crippen molar-refractivity contribution in [3.05, 3.63) is 61.8 Å². The van der Waals surface area contributed by atoms with E-state index in [-0.39, 0.29) is 22.5 Å². The van der Waals surface area contributed by atoms with Gasteiger partial charge in [0, 0.05) is 10.6 Å². The van der Waals surface area contributed by atoms with E-state index in [1.165, 1.54) is 6.20 Å². The van der Waals surface area contributed by atoms with Crippen molar-refractivity contribution in [2.24, 2.45) is 0 Å². The van der Waals surface area contributed by atoms with Gasteiger partial charge in [0.15, 0.2) is 0 Å². The lowest BCUT2D eigenvalue weighted by Crippen LogP contribution is -2.23. The second-order valence-electron chi connectivity index (χ2n) is 4.29. The van der Waals surface area contributed by atoms with Crippen LogP contribution in [0.15, 0.2) is 39.8 Å². The van der Waals surface area contributed by atoms with Crippen molar-refractivity contribution in [1.82, 2.24) is 19.9 Å². The summed E-state index contributed by atoms with van der Waals surface area (Å²) < 4.78 is 6.20. The van der Waals surface area contributed by atoms with Gasteiger partial charge in [-0.2, -0.15) is 10.1 Å². The van der Waals surface area contributed by atoms with Crippen molar-refractivity contribution in [1.29, 1.82) is 0 Å². The van der Waals surface area contributed by atoms with E-state index >= 15 is 0 Å². The molecule has 1 aromatic carbocycles. The first kappa shape index (κ1) is 15.0. The maximum atomic E-state index is 11.9. The number of nitrogens with zero attached hydrogens (tertiary/aromatic N) is 4. The first-order valence-corrected chi connectivity index (χ1v) is 7.17. The molecule has 0 saturated heterocycles. The number of hydrogen-bond donors (Lipinski definition) is 0. The van der Waals surface area contributed by atoms with Gasteiger partial charge in [-0.05, 0) is 24.3 Å². The van der Waals surface area contributed by atoms with Crippen LogP contribution in [-0.4, -0.2) is 19.9 Å². The van der Waals surface area contributed by atoms with Gasteiger partial charge in [0.2, 0.25) is 11.7 Å². The fourth-order valence-corrected chi connectivity index (χ4v) is 2.12. The van der Waals surface area contributed by atoms with Crippen molar-refractivity contribution < 1.29 is 4.52 Å². The van der Waals surface area contributed by atoms with E-state index in [1.54, 1.807) is 24.3 Å². The molecule has 0 aliphatic heterocycles. The normalized spacial score (nSPS) is 10.9. The van der Waals surface area contributed by atoms with E-state index in [0.717, 1.165) is 10.2 Å². The number of aromatic nitrogens is 4. The molecule has 2 heterocycles. The third-order valence-electron chi connectivity index (χ3n) is 2.80. The predicted octanol–water partition coefficient (Wildman–Crippen LogP) is 3.30. The van der Waals surface area contributed by atoms with Crippen LogP contribution in [-0.2, 0) is 6.54 Å². The molecule has 0 radical (unpaired) electrons. The molecule has 0 saturated carbocycles. The van der Waals surface area contributed by atoms with Gasteiger partial charge < -0.3 is 4.52 Å². The van der Waals surface area contributed by atoms with Crippen LogP contribution < -0.4 is 5.56 Å². The van der Waals surface area contributed by atoms with E-state index in [2.05, 4.69) is 15.2 Å². The van der Waals surface area contributed by atoms with Gasteiger partial charge in [-0.3, -0.25) is 4.79 Å². The lowest BCUT2D eigenvalue weighted by molar-refractivity contribution is 0.363. The summed E-state index contributed by atoms with van der Waals surface area (Å²) >= 11 is 17.3. The molecule has 3 rings (SSSR count). The van der Waals surface area contributed by atoms with E-state index in [0.29, 0.717) is 10.8 Å². The van der Waals surface area contributed by atoms with Crippen LogP contribution in [0.25, 0.3) is 11.4 Å². The first-order valence-electron chi connectivity index (χ1n) is 6.04. The fourth-order valence-electron chi connectivity index (χ4n) is 1.72. The molecular weight excluding hydrogens is 351 g/mol. The van der Waals surface area contributed by atoms with Gasteiger partial charge in [-0.15, -0.1) is 0 Å². The molecule has 2 aromatic heterocycles. The third kappa shape index (κ3) is 2.99. The highest BCUT2D eigenvalue weighted by Crippen LogP contribution is 2.19. The SMILES string of the molecule is O=c1c(Cl)c(Cl)cnn1Cc1nc(-c2ccc(Cl)cc2)no1. The third-order valence-corrected chi connectivity index (χ3v) is 3.80. The summed E-state index contributed by atoms with van der Waals surface area (Å²) in [6.07, 6.45) is 1.28. The van der Waals surface area contributed by atoms with Crippen LogP contribution in [0.5, 0.6) is 0 Å². The van der Waals surface area contributed by atoms with Gasteiger partial charge >= 0.3 is 0 Å². The molecule has 0 bridgehead atoms. The molecule has 0 N–H and O–H groups in total. The summed E-state index contributed by atoms with van der Waals surface area (Å²) in [4.78, 5) is 16.1. The van der Waals surface area contributed by atoms with Crippen molar-refractivity contribution >= 4 is 34.8 Å². The van der Waals surface area contributed by atoms with Crippen molar-refractivity contribution in [3.63, 3.8) is 0 Å². The average Bonchev–Trinajstić information content (AvgIpc) is 2.97. The molecule has 0 atom stereocenters. The molecule has 0 unspecified atom stereocenters. The van der Waals surface area contributed by atoms with E-state index < -0.39 is 5.56 Å². The Hall–Kier alpha value is -1.89. The summed E-state index contributed by atoms with van der Waals surface area (Å²) in [7, 11) is 0. The minimum absolute atomic E-state index is 0.00366. The van der Waals surface area contributed by atoms with E-state index in [4.69, 9.17) is 39.3 Å². The van der Waals surface area contributed by atoms with Gasteiger partial charge in [-0.1, -0.05) is 40.0 Å².